The lowest BCUT2D eigenvalue weighted by Gasteiger charge is -2.35. The maximum absolute atomic E-state index is 14.6. The van der Waals surface area contributed by atoms with Crippen LogP contribution in [-0.2, 0) is 0 Å². The molecule has 0 bridgehead atoms. The monoisotopic (exact) mass is 389 g/mol. The van der Waals surface area contributed by atoms with Crippen molar-refractivity contribution in [1.29, 1.82) is 0 Å². The van der Waals surface area contributed by atoms with Crippen molar-refractivity contribution in [2.45, 2.75) is 18.6 Å². The zero-order chi connectivity index (χ0) is 19.8. The molecule has 0 saturated carbocycles. The highest BCUT2D eigenvalue weighted by Gasteiger charge is 2.32. The molecular formula is C22H20FN5O. The van der Waals surface area contributed by atoms with Gasteiger partial charge in [-0.2, -0.15) is 0 Å². The molecule has 3 aromatic heterocycles. The predicted molar refractivity (Wildman–Crippen MR) is 110 cm³/mol. The molecule has 0 aliphatic carbocycles. The Morgan fingerprint density at radius 1 is 1.10 bits per heavy atom. The van der Waals surface area contributed by atoms with Crippen LogP contribution in [0.1, 0.15) is 16.8 Å². The predicted octanol–water partition coefficient (Wildman–Crippen LogP) is 3.55. The average molecular weight is 389 g/mol. The van der Waals surface area contributed by atoms with E-state index in [0.717, 1.165) is 10.9 Å². The first-order valence-corrected chi connectivity index (χ1v) is 9.66. The Kier molecular flexibility index (Phi) is 4.35. The lowest BCUT2D eigenvalue weighted by Crippen LogP contribution is -2.51. The third-order valence-electron chi connectivity index (χ3n) is 5.40. The molecule has 7 heteroatoms. The first-order chi connectivity index (χ1) is 14.2. The number of fused-ring (bicyclic) bond motifs is 2. The van der Waals surface area contributed by atoms with Crippen LogP contribution in [0, 0.1) is 0 Å². The second kappa shape index (κ2) is 7.16. The van der Waals surface area contributed by atoms with Gasteiger partial charge in [-0.1, -0.05) is 18.2 Å². The van der Waals surface area contributed by atoms with Crippen LogP contribution >= 0.6 is 0 Å². The van der Waals surface area contributed by atoms with E-state index in [0.29, 0.717) is 23.6 Å². The summed E-state index contributed by atoms with van der Waals surface area (Å²) in [5, 5.41) is 4.22. The maximum Gasteiger partial charge on any atom is 0.257 e. The molecule has 4 heterocycles. The van der Waals surface area contributed by atoms with Crippen LogP contribution in [-0.4, -0.2) is 50.5 Å². The van der Waals surface area contributed by atoms with Crippen LogP contribution in [0.2, 0.25) is 0 Å². The number of alkyl halides is 1. The van der Waals surface area contributed by atoms with Gasteiger partial charge in [-0.3, -0.25) is 4.79 Å². The molecule has 4 aromatic rings. The number of likely N-dealkylation sites (tertiary alicyclic amines) is 1. The maximum atomic E-state index is 14.6. The Morgan fingerprint density at radius 2 is 2.00 bits per heavy atom. The molecule has 1 aromatic carbocycles. The van der Waals surface area contributed by atoms with Crippen LogP contribution < -0.4 is 5.32 Å². The van der Waals surface area contributed by atoms with Gasteiger partial charge in [-0.15, -0.1) is 0 Å². The fourth-order valence-corrected chi connectivity index (χ4v) is 3.87. The number of aromatic nitrogens is 3. The van der Waals surface area contributed by atoms with Gasteiger partial charge in [0.15, 0.2) is 0 Å². The molecule has 1 aliphatic rings. The third-order valence-corrected chi connectivity index (χ3v) is 5.40. The minimum atomic E-state index is -1.05. The molecule has 146 valence electrons. The molecule has 5 rings (SSSR count). The highest BCUT2D eigenvalue weighted by molar-refractivity contribution is 5.99. The minimum absolute atomic E-state index is 0.132. The summed E-state index contributed by atoms with van der Waals surface area (Å²) in [6.45, 7) is 0.654. The lowest BCUT2D eigenvalue weighted by molar-refractivity contribution is 0.0646. The number of carbonyl (C=O) groups excluding carboxylic acids is 1. The summed E-state index contributed by atoms with van der Waals surface area (Å²) in [5.74, 6) is 0.480. The molecule has 29 heavy (non-hydrogen) atoms. The molecule has 1 fully saturated rings. The number of nitrogens with zero attached hydrogens (tertiary/aromatic N) is 4. The molecule has 1 amide bonds. The smallest absolute Gasteiger partial charge is 0.257 e. The quantitative estimate of drug-likeness (QED) is 0.582. The zero-order valence-electron chi connectivity index (χ0n) is 15.7. The van der Waals surface area contributed by atoms with Crippen LogP contribution in [0.5, 0.6) is 0 Å². The number of para-hydroxylation sites is 1. The van der Waals surface area contributed by atoms with Gasteiger partial charge in [-0.25, -0.2) is 14.4 Å². The Hall–Kier alpha value is -3.48. The number of nitrogens with one attached hydrogen (secondary N) is 1. The van der Waals surface area contributed by atoms with Crippen LogP contribution in [0.3, 0.4) is 0 Å². The van der Waals surface area contributed by atoms with E-state index >= 15 is 0 Å². The Bertz CT molecular complexity index is 1190. The zero-order valence-corrected chi connectivity index (χ0v) is 15.7. The summed E-state index contributed by atoms with van der Waals surface area (Å²) in [6.07, 6.45) is 4.55. The van der Waals surface area contributed by atoms with Gasteiger partial charge >= 0.3 is 0 Å². The molecule has 6 nitrogen and oxygen atoms in total. The van der Waals surface area contributed by atoms with Gasteiger partial charge < -0.3 is 14.6 Å². The number of imidazole rings is 1. The second-order valence-corrected chi connectivity index (χ2v) is 7.28. The van der Waals surface area contributed by atoms with Gasteiger partial charge in [0.05, 0.1) is 17.1 Å². The first kappa shape index (κ1) is 17.6. The van der Waals surface area contributed by atoms with Gasteiger partial charge in [0.1, 0.15) is 17.6 Å². The topological polar surface area (TPSA) is 62.5 Å². The fourth-order valence-electron chi connectivity index (χ4n) is 3.87. The van der Waals surface area contributed by atoms with Crippen molar-refractivity contribution in [1.82, 2.24) is 19.3 Å². The number of pyridine rings is 2. The summed E-state index contributed by atoms with van der Waals surface area (Å²) >= 11 is 0. The molecule has 0 radical (unpaired) electrons. The van der Waals surface area contributed by atoms with Crippen molar-refractivity contribution in [3.05, 3.63) is 72.7 Å². The second-order valence-electron chi connectivity index (χ2n) is 7.28. The van der Waals surface area contributed by atoms with Gasteiger partial charge in [0.25, 0.3) is 5.91 Å². The number of rotatable bonds is 3. The standard InChI is InChI=1S/C22H20FN5O/c23-17-9-12-28(22(29)16-5-3-11-27-13-10-24-21(16)27)14-19(17)26-20-8-7-15-4-1-2-6-18(15)25-20/h1-8,10-11,13,17,19H,9,12,14H2,(H,25,26)/t17-,19+/m1/s1. The number of carbonyl (C=O) groups is 1. The number of hydrogen-bond donors (Lipinski definition) is 1. The number of piperidine rings is 1. The Balaban J connectivity index is 1.37. The molecule has 1 N–H and O–H groups in total. The number of halogens is 1. The summed E-state index contributed by atoms with van der Waals surface area (Å²) in [7, 11) is 0. The third kappa shape index (κ3) is 3.29. The van der Waals surface area contributed by atoms with E-state index in [1.54, 1.807) is 23.4 Å². The van der Waals surface area contributed by atoms with Crippen molar-refractivity contribution in [3.63, 3.8) is 0 Å². The van der Waals surface area contributed by atoms with E-state index in [4.69, 9.17) is 0 Å². The molecule has 1 saturated heterocycles. The number of benzene rings is 1. The summed E-state index contributed by atoms with van der Waals surface area (Å²) in [6, 6.07) is 14.7. The first-order valence-electron chi connectivity index (χ1n) is 9.66. The fraction of sp³-hybridized carbons (Fsp3) is 0.227. The highest BCUT2D eigenvalue weighted by Crippen LogP contribution is 2.22. The number of amides is 1. The van der Waals surface area contributed by atoms with Gasteiger partial charge in [0.2, 0.25) is 0 Å². The SMILES string of the molecule is O=C(c1cccn2ccnc12)N1CC[C@@H](F)[C@@H](Nc2ccc3ccccc3n2)C1. The van der Waals surface area contributed by atoms with Crippen LogP contribution in [0.25, 0.3) is 16.6 Å². The van der Waals surface area contributed by atoms with Gasteiger partial charge in [0, 0.05) is 37.1 Å². The Labute approximate surface area is 167 Å². The van der Waals surface area contributed by atoms with Crippen molar-refractivity contribution < 1.29 is 9.18 Å². The molecule has 2 atom stereocenters. The summed E-state index contributed by atoms with van der Waals surface area (Å²) in [4.78, 5) is 23.6. The van der Waals surface area contributed by atoms with E-state index in [-0.39, 0.29) is 18.9 Å². The summed E-state index contributed by atoms with van der Waals surface area (Å²) < 4.78 is 16.5. The van der Waals surface area contributed by atoms with Crippen LogP contribution in [0.15, 0.2) is 67.1 Å². The van der Waals surface area contributed by atoms with Crippen molar-refractivity contribution in [2.24, 2.45) is 0 Å². The normalized spacial score (nSPS) is 19.6. The average Bonchev–Trinajstić information content (AvgIpc) is 3.24. The van der Waals surface area contributed by atoms with Crippen molar-refractivity contribution >= 4 is 28.3 Å². The van der Waals surface area contributed by atoms with E-state index < -0.39 is 12.2 Å². The van der Waals surface area contributed by atoms with E-state index in [2.05, 4.69) is 15.3 Å². The minimum Gasteiger partial charge on any atom is -0.363 e. The molecule has 0 spiro atoms. The van der Waals surface area contributed by atoms with E-state index in [9.17, 15) is 9.18 Å². The van der Waals surface area contributed by atoms with Crippen molar-refractivity contribution in [2.75, 3.05) is 18.4 Å². The van der Waals surface area contributed by atoms with Crippen molar-refractivity contribution in [3.8, 4) is 0 Å². The van der Waals surface area contributed by atoms with Gasteiger partial charge in [-0.05, 0) is 36.8 Å². The van der Waals surface area contributed by atoms with Crippen LogP contribution in [0.4, 0.5) is 10.2 Å². The Morgan fingerprint density at radius 3 is 2.93 bits per heavy atom. The highest BCUT2D eigenvalue weighted by atomic mass is 19.1. The number of hydrogen-bond acceptors (Lipinski definition) is 4. The molecule has 1 aliphatic heterocycles. The molecule has 0 unspecified atom stereocenters. The summed E-state index contributed by atoms with van der Waals surface area (Å²) in [5.41, 5.74) is 1.99. The molecular weight excluding hydrogens is 369 g/mol. The lowest BCUT2D eigenvalue weighted by atomic mass is 10.0. The van der Waals surface area contributed by atoms with E-state index in [1.807, 2.05) is 53.1 Å². The largest absolute Gasteiger partial charge is 0.363 e. The van der Waals surface area contributed by atoms with E-state index in [1.165, 1.54) is 0 Å². The number of anilines is 1.